The number of amides is 1. The maximum atomic E-state index is 12.5. The third-order valence-electron chi connectivity index (χ3n) is 3.86. The van der Waals surface area contributed by atoms with Crippen LogP contribution in [-0.2, 0) is 14.8 Å². The summed E-state index contributed by atoms with van der Waals surface area (Å²) in [5, 5.41) is 3.33. The first kappa shape index (κ1) is 21.8. The fourth-order valence-electron chi connectivity index (χ4n) is 2.42. The summed E-state index contributed by atoms with van der Waals surface area (Å²) in [6, 6.07) is 9.96. The first-order valence-corrected chi connectivity index (χ1v) is 11.9. The van der Waals surface area contributed by atoms with E-state index in [1.54, 1.807) is 18.2 Å². The number of hydrogen-bond donors (Lipinski definition) is 1. The van der Waals surface area contributed by atoms with Crippen LogP contribution in [0.15, 0.2) is 45.6 Å². The lowest BCUT2D eigenvalue weighted by Gasteiger charge is -2.15. The Morgan fingerprint density at radius 2 is 2.03 bits per heavy atom. The Balaban J connectivity index is 1.71. The summed E-state index contributed by atoms with van der Waals surface area (Å²) in [4.78, 5) is 16.8. The monoisotopic (exact) mass is 471 g/mol. The SMILES string of the molecule is COc1ccc(NC(=O)CSc2nc3cc(Cl)ccc3s2)cc1S(=O)(=O)N(C)C. The minimum Gasteiger partial charge on any atom is -0.495 e. The van der Waals surface area contributed by atoms with Gasteiger partial charge in [0, 0.05) is 24.8 Å². The molecule has 0 atom stereocenters. The molecule has 1 N–H and O–H groups in total. The predicted molar refractivity (Wildman–Crippen MR) is 118 cm³/mol. The molecule has 11 heteroatoms. The summed E-state index contributed by atoms with van der Waals surface area (Å²) in [5.41, 5.74) is 1.16. The summed E-state index contributed by atoms with van der Waals surface area (Å²) in [6.07, 6.45) is 0. The van der Waals surface area contributed by atoms with Gasteiger partial charge in [-0.25, -0.2) is 17.7 Å². The number of thiazole rings is 1. The molecular weight excluding hydrogens is 454 g/mol. The van der Waals surface area contributed by atoms with Crippen molar-refractivity contribution in [1.29, 1.82) is 0 Å². The van der Waals surface area contributed by atoms with Crippen molar-refractivity contribution in [2.45, 2.75) is 9.24 Å². The number of sulfonamides is 1. The second kappa shape index (κ2) is 8.88. The van der Waals surface area contributed by atoms with E-state index < -0.39 is 10.0 Å². The number of ether oxygens (including phenoxy) is 1. The van der Waals surface area contributed by atoms with E-state index in [-0.39, 0.29) is 22.3 Å². The lowest BCUT2D eigenvalue weighted by atomic mass is 10.3. The van der Waals surface area contributed by atoms with Crippen LogP contribution in [0.25, 0.3) is 10.2 Å². The number of carbonyl (C=O) groups excluding carboxylic acids is 1. The highest BCUT2D eigenvalue weighted by Gasteiger charge is 2.23. The smallest absolute Gasteiger partial charge is 0.246 e. The molecular formula is C18H18ClN3O4S3. The van der Waals surface area contributed by atoms with Crippen molar-refractivity contribution in [2.24, 2.45) is 0 Å². The molecule has 0 fully saturated rings. The fraction of sp³-hybridized carbons (Fsp3) is 0.222. The Hall–Kier alpha value is -1.85. The van der Waals surface area contributed by atoms with Crippen LogP contribution >= 0.6 is 34.7 Å². The topological polar surface area (TPSA) is 88.6 Å². The molecule has 0 bridgehead atoms. The second-order valence-corrected chi connectivity index (χ2v) is 10.9. The Bertz CT molecular complexity index is 1160. The van der Waals surface area contributed by atoms with Crippen LogP contribution in [0, 0.1) is 0 Å². The average Bonchev–Trinajstić information content (AvgIpc) is 3.08. The predicted octanol–water partition coefficient (Wildman–Crippen LogP) is 3.94. The van der Waals surface area contributed by atoms with E-state index in [4.69, 9.17) is 16.3 Å². The first-order chi connectivity index (χ1) is 13.7. The standard InChI is InChI=1S/C18H18ClN3O4S3/c1-22(2)29(24,25)16-9-12(5-6-14(16)26-3)20-17(23)10-27-18-21-13-8-11(19)4-7-15(13)28-18/h4-9H,10H2,1-3H3,(H,20,23). The van der Waals surface area contributed by atoms with Gasteiger partial charge in [0.05, 0.1) is 23.1 Å². The van der Waals surface area contributed by atoms with Gasteiger partial charge >= 0.3 is 0 Å². The second-order valence-electron chi connectivity index (χ2n) is 6.08. The zero-order chi connectivity index (χ0) is 21.2. The van der Waals surface area contributed by atoms with Gasteiger partial charge in [-0.2, -0.15) is 0 Å². The van der Waals surface area contributed by atoms with E-state index in [0.29, 0.717) is 10.7 Å². The Morgan fingerprint density at radius 3 is 2.72 bits per heavy atom. The summed E-state index contributed by atoms with van der Waals surface area (Å²) in [5.74, 6) is 0.0693. The number of carbonyl (C=O) groups is 1. The number of nitrogens with zero attached hydrogens (tertiary/aromatic N) is 2. The van der Waals surface area contributed by atoms with Gasteiger partial charge < -0.3 is 10.1 Å². The van der Waals surface area contributed by atoms with Gasteiger partial charge in [-0.1, -0.05) is 23.4 Å². The van der Waals surface area contributed by atoms with Gasteiger partial charge in [0.25, 0.3) is 0 Å². The molecule has 1 aromatic heterocycles. The van der Waals surface area contributed by atoms with E-state index in [9.17, 15) is 13.2 Å². The summed E-state index contributed by atoms with van der Waals surface area (Å²) in [6.45, 7) is 0. The quantitative estimate of drug-likeness (QED) is 0.525. The molecule has 7 nitrogen and oxygen atoms in total. The molecule has 0 spiro atoms. The number of methoxy groups -OCH3 is 1. The largest absolute Gasteiger partial charge is 0.495 e. The minimum atomic E-state index is -3.72. The molecule has 3 aromatic rings. The Labute approximate surface area is 182 Å². The van der Waals surface area contributed by atoms with Crippen molar-refractivity contribution in [3.05, 3.63) is 41.4 Å². The lowest BCUT2D eigenvalue weighted by Crippen LogP contribution is -2.23. The van der Waals surface area contributed by atoms with Crippen molar-refractivity contribution in [3.63, 3.8) is 0 Å². The number of benzene rings is 2. The number of hydrogen-bond acceptors (Lipinski definition) is 7. The molecule has 1 heterocycles. The van der Waals surface area contributed by atoms with Gasteiger partial charge in [0.2, 0.25) is 15.9 Å². The van der Waals surface area contributed by atoms with E-state index in [0.717, 1.165) is 18.9 Å². The number of nitrogens with one attached hydrogen (secondary N) is 1. The van der Waals surface area contributed by atoms with Crippen LogP contribution in [0.3, 0.4) is 0 Å². The van der Waals surface area contributed by atoms with Crippen molar-refractivity contribution in [1.82, 2.24) is 9.29 Å². The molecule has 0 aliphatic rings. The third-order valence-corrected chi connectivity index (χ3v) is 8.11. The maximum absolute atomic E-state index is 12.5. The number of rotatable bonds is 7. The van der Waals surface area contributed by atoms with Crippen LogP contribution in [-0.4, -0.2) is 50.6 Å². The van der Waals surface area contributed by atoms with E-state index in [2.05, 4.69) is 10.3 Å². The van der Waals surface area contributed by atoms with Gasteiger partial charge in [-0.3, -0.25) is 4.79 Å². The lowest BCUT2D eigenvalue weighted by molar-refractivity contribution is -0.113. The highest BCUT2D eigenvalue weighted by molar-refractivity contribution is 8.01. The van der Waals surface area contributed by atoms with Crippen molar-refractivity contribution < 1.29 is 17.9 Å². The zero-order valence-electron chi connectivity index (χ0n) is 15.8. The molecule has 0 saturated heterocycles. The Kier molecular flexibility index (Phi) is 6.69. The summed E-state index contributed by atoms with van der Waals surface area (Å²) < 4.78 is 32.9. The molecule has 0 saturated carbocycles. The van der Waals surface area contributed by atoms with Crippen LogP contribution in [0.4, 0.5) is 5.69 Å². The Morgan fingerprint density at radius 1 is 1.28 bits per heavy atom. The molecule has 0 aliphatic heterocycles. The van der Waals surface area contributed by atoms with Gasteiger partial charge in [0.1, 0.15) is 10.6 Å². The maximum Gasteiger partial charge on any atom is 0.246 e. The van der Waals surface area contributed by atoms with Crippen LogP contribution < -0.4 is 10.1 Å². The number of anilines is 1. The molecule has 3 rings (SSSR count). The molecule has 1 amide bonds. The highest BCUT2D eigenvalue weighted by Crippen LogP contribution is 2.32. The average molecular weight is 472 g/mol. The normalized spacial score (nSPS) is 11.8. The zero-order valence-corrected chi connectivity index (χ0v) is 19.0. The van der Waals surface area contributed by atoms with E-state index >= 15 is 0 Å². The van der Waals surface area contributed by atoms with Crippen molar-refractivity contribution in [2.75, 3.05) is 32.3 Å². The number of fused-ring (bicyclic) bond motifs is 1. The van der Waals surface area contributed by atoms with E-state index in [1.165, 1.54) is 56.4 Å². The first-order valence-electron chi connectivity index (χ1n) is 8.30. The van der Waals surface area contributed by atoms with Gasteiger partial charge in [-0.05, 0) is 36.4 Å². The highest BCUT2D eigenvalue weighted by atomic mass is 35.5. The van der Waals surface area contributed by atoms with Crippen molar-refractivity contribution in [3.8, 4) is 5.75 Å². The molecule has 2 aromatic carbocycles. The van der Waals surface area contributed by atoms with E-state index in [1.807, 2.05) is 6.07 Å². The van der Waals surface area contributed by atoms with Gasteiger partial charge in [-0.15, -0.1) is 11.3 Å². The summed E-state index contributed by atoms with van der Waals surface area (Å²) in [7, 11) is 0.539. The number of aromatic nitrogens is 1. The van der Waals surface area contributed by atoms with Crippen molar-refractivity contribution >= 4 is 66.5 Å². The summed E-state index contributed by atoms with van der Waals surface area (Å²) >= 11 is 8.75. The van der Waals surface area contributed by atoms with Crippen LogP contribution in [0.5, 0.6) is 5.75 Å². The molecule has 154 valence electrons. The van der Waals surface area contributed by atoms with Crippen LogP contribution in [0.1, 0.15) is 0 Å². The fourth-order valence-corrected chi connectivity index (χ4v) is 5.51. The van der Waals surface area contributed by atoms with Crippen LogP contribution in [0.2, 0.25) is 5.02 Å². The third kappa shape index (κ3) is 5.01. The molecule has 29 heavy (non-hydrogen) atoms. The molecule has 0 aliphatic carbocycles. The number of thioether (sulfide) groups is 1. The van der Waals surface area contributed by atoms with Gasteiger partial charge in [0.15, 0.2) is 4.34 Å². The molecule has 0 radical (unpaired) electrons. The molecule has 0 unspecified atom stereocenters. The minimum absolute atomic E-state index is 0.0153. The number of halogens is 1.